The number of carbonyl (C=O) groups excluding carboxylic acids is 1. The minimum Gasteiger partial charge on any atom is -0.298 e. The van der Waals surface area contributed by atoms with Gasteiger partial charge in [0.15, 0.2) is 0 Å². The van der Waals surface area contributed by atoms with E-state index in [1.54, 1.807) is 0 Å². The van der Waals surface area contributed by atoms with Gasteiger partial charge in [-0.1, -0.05) is 43.6 Å². The number of hydrogen-bond donors (Lipinski definition) is 0. The number of alkyl halides is 1. The van der Waals surface area contributed by atoms with Crippen LogP contribution >= 0.6 is 15.9 Å². The Morgan fingerprint density at radius 2 is 1.73 bits per heavy atom. The number of Topliss-reactive ketones (excluding diaryl/α,β-unsaturated/α-hetero) is 1. The zero-order valence-corrected chi connectivity index (χ0v) is 9.31. The number of halogens is 1. The molecule has 0 bridgehead atoms. The molecule has 0 amide bonds. The highest BCUT2D eigenvalue weighted by molar-refractivity contribution is 9.10. The average Bonchev–Trinajstić information content (AvgIpc) is 1.84. The van der Waals surface area contributed by atoms with E-state index < -0.39 is 0 Å². The molecule has 1 unspecified atom stereocenters. The van der Waals surface area contributed by atoms with E-state index in [0.29, 0.717) is 11.7 Å². The summed E-state index contributed by atoms with van der Waals surface area (Å²) in [6.45, 7) is 8.14. The van der Waals surface area contributed by atoms with Gasteiger partial charge in [0, 0.05) is 5.92 Å². The molecule has 0 aliphatic rings. The first-order valence-electron chi connectivity index (χ1n) is 4.13. The van der Waals surface area contributed by atoms with Crippen LogP contribution in [-0.2, 0) is 4.79 Å². The third-order valence-corrected chi connectivity index (χ3v) is 2.38. The normalized spacial score (nSPS) is 14.1. The summed E-state index contributed by atoms with van der Waals surface area (Å²) in [5.74, 6) is 1.05. The lowest BCUT2D eigenvalue weighted by Crippen LogP contribution is -2.21. The second kappa shape index (κ2) is 4.91. The molecular formula is C9H17BrO. The Morgan fingerprint density at radius 3 is 2.00 bits per heavy atom. The summed E-state index contributed by atoms with van der Waals surface area (Å²) in [7, 11) is 0. The predicted octanol–water partition coefficient (Wildman–Crippen LogP) is 3.02. The maximum absolute atomic E-state index is 11.3. The van der Waals surface area contributed by atoms with Crippen molar-refractivity contribution in [1.82, 2.24) is 0 Å². The van der Waals surface area contributed by atoms with Gasteiger partial charge in [-0.3, -0.25) is 4.79 Å². The molecule has 0 radical (unpaired) electrons. The summed E-state index contributed by atoms with van der Waals surface area (Å²) in [6, 6.07) is 0. The predicted molar refractivity (Wildman–Crippen MR) is 52.0 cm³/mol. The van der Waals surface area contributed by atoms with Gasteiger partial charge in [0.2, 0.25) is 0 Å². The highest BCUT2D eigenvalue weighted by atomic mass is 79.9. The van der Waals surface area contributed by atoms with Crippen LogP contribution < -0.4 is 0 Å². The second-order valence-corrected chi connectivity index (χ2v) is 4.76. The molecule has 0 rings (SSSR count). The fourth-order valence-corrected chi connectivity index (χ4v) is 2.17. The van der Waals surface area contributed by atoms with Crippen LogP contribution in [0.1, 0.15) is 34.1 Å². The topological polar surface area (TPSA) is 17.1 Å². The van der Waals surface area contributed by atoms with Crippen molar-refractivity contribution in [3.05, 3.63) is 0 Å². The second-order valence-electron chi connectivity index (χ2n) is 3.65. The highest BCUT2D eigenvalue weighted by Gasteiger charge is 2.18. The number of ketones is 1. The monoisotopic (exact) mass is 220 g/mol. The Balaban J connectivity index is 3.83. The molecule has 0 heterocycles. The molecule has 0 fully saturated rings. The largest absolute Gasteiger partial charge is 0.298 e. The van der Waals surface area contributed by atoms with E-state index in [1.807, 2.05) is 13.8 Å². The molecule has 2 heteroatoms. The van der Waals surface area contributed by atoms with Crippen molar-refractivity contribution in [2.45, 2.75) is 38.9 Å². The molecule has 0 aromatic rings. The standard InChI is InChI=1S/C9H17BrO/c1-6(2)5-8(10)9(11)7(3)4/h6-8H,5H2,1-4H3. The van der Waals surface area contributed by atoms with Gasteiger partial charge in [0.1, 0.15) is 5.78 Å². The van der Waals surface area contributed by atoms with E-state index >= 15 is 0 Å². The van der Waals surface area contributed by atoms with E-state index in [-0.39, 0.29) is 10.7 Å². The van der Waals surface area contributed by atoms with Crippen molar-refractivity contribution >= 4 is 21.7 Å². The lowest BCUT2D eigenvalue weighted by molar-refractivity contribution is -0.121. The number of rotatable bonds is 4. The van der Waals surface area contributed by atoms with Gasteiger partial charge in [0.05, 0.1) is 4.83 Å². The van der Waals surface area contributed by atoms with Crippen LogP contribution in [0, 0.1) is 11.8 Å². The minimum atomic E-state index is 0.0579. The molecule has 0 aliphatic carbocycles. The molecule has 0 N–H and O–H groups in total. The Hall–Kier alpha value is 0.150. The third kappa shape index (κ3) is 4.57. The first-order chi connectivity index (χ1) is 4.95. The molecule has 0 aliphatic heterocycles. The van der Waals surface area contributed by atoms with Crippen molar-refractivity contribution < 1.29 is 4.79 Å². The van der Waals surface area contributed by atoms with Crippen molar-refractivity contribution in [1.29, 1.82) is 0 Å². The van der Waals surface area contributed by atoms with Gasteiger partial charge in [-0.05, 0) is 12.3 Å². The maximum Gasteiger partial charge on any atom is 0.148 e. The first kappa shape index (κ1) is 11.2. The number of carbonyl (C=O) groups is 1. The summed E-state index contributed by atoms with van der Waals surface area (Å²) in [6.07, 6.45) is 0.941. The number of hydrogen-bond acceptors (Lipinski definition) is 1. The summed E-state index contributed by atoms with van der Waals surface area (Å²) in [5.41, 5.74) is 0. The third-order valence-electron chi connectivity index (χ3n) is 1.56. The Morgan fingerprint density at radius 1 is 1.27 bits per heavy atom. The zero-order chi connectivity index (χ0) is 9.02. The molecule has 1 atom stereocenters. The fourth-order valence-electron chi connectivity index (χ4n) is 0.892. The Bertz CT molecular complexity index is 130. The van der Waals surface area contributed by atoms with Crippen molar-refractivity contribution in [3.63, 3.8) is 0 Å². The molecular weight excluding hydrogens is 204 g/mol. The molecule has 0 aromatic carbocycles. The molecule has 11 heavy (non-hydrogen) atoms. The van der Waals surface area contributed by atoms with Gasteiger partial charge in [-0.15, -0.1) is 0 Å². The van der Waals surface area contributed by atoms with E-state index in [9.17, 15) is 4.79 Å². The maximum atomic E-state index is 11.3. The van der Waals surface area contributed by atoms with Crippen LogP contribution in [0.15, 0.2) is 0 Å². The Kier molecular flexibility index (Phi) is 4.98. The smallest absolute Gasteiger partial charge is 0.148 e. The van der Waals surface area contributed by atoms with Gasteiger partial charge in [-0.2, -0.15) is 0 Å². The lowest BCUT2D eigenvalue weighted by atomic mass is 10.00. The van der Waals surface area contributed by atoms with E-state index in [1.165, 1.54) is 0 Å². The zero-order valence-electron chi connectivity index (χ0n) is 7.73. The van der Waals surface area contributed by atoms with Crippen molar-refractivity contribution in [2.75, 3.05) is 0 Å². The molecule has 0 saturated carbocycles. The van der Waals surface area contributed by atoms with Crippen molar-refractivity contribution in [2.24, 2.45) is 11.8 Å². The molecule has 0 aromatic heterocycles. The molecule has 0 spiro atoms. The fraction of sp³-hybridized carbons (Fsp3) is 0.889. The Labute approximate surface area is 77.7 Å². The minimum absolute atomic E-state index is 0.0579. The van der Waals surface area contributed by atoms with Crippen LogP contribution in [0.25, 0.3) is 0 Å². The van der Waals surface area contributed by atoms with E-state index in [2.05, 4.69) is 29.8 Å². The van der Waals surface area contributed by atoms with Crippen LogP contribution in [0.4, 0.5) is 0 Å². The van der Waals surface area contributed by atoms with Gasteiger partial charge in [0.25, 0.3) is 0 Å². The van der Waals surface area contributed by atoms with Crippen LogP contribution in [0.3, 0.4) is 0 Å². The average molecular weight is 221 g/mol. The quantitative estimate of drug-likeness (QED) is 0.667. The molecule has 1 nitrogen and oxygen atoms in total. The van der Waals surface area contributed by atoms with Crippen LogP contribution in [0.2, 0.25) is 0 Å². The summed E-state index contributed by atoms with van der Waals surface area (Å²) in [5, 5.41) is 0. The van der Waals surface area contributed by atoms with Gasteiger partial charge < -0.3 is 0 Å². The van der Waals surface area contributed by atoms with Crippen molar-refractivity contribution in [3.8, 4) is 0 Å². The first-order valence-corrected chi connectivity index (χ1v) is 5.04. The highest BCUT2D eigenvalue weighted by Crippen LogP contribution is 2.16. The van der Waals surface area contributed by atoms with Crippen LogP contribution in [0.5, 0.6) is 0 Å². The van der Waals surface area contributed by atoms with Crippen LogP contribution in [-0.4, -0.2) is 10.6 Å². The lowest BCUT2D eigenvalue weighted by Gasteiger charge is -2.12. The molecule has 66 valence electrons. The molecule has 0 saturated heterocycles. The SMILES string of the molecule is CC(C)CC(Br)C(=O)C(C)C. The van der Waals surface area contributed by atoms with Gasteiger partial charge in [-0.25, -0.2) is 0 Å². The summed E-state index contributed by atoms with van der Waals surface area (Å²) >= 11 is 3.39. The summed E-state index contributed by atoms with van der Waals surface area (Å²) in [4.78, 5) is 11.4. The van der Waals surface area contributed by atoms with Gasteiger partial charge >= 0.3 is 0 Å². The van der Waals surface area contributed by atoms with E-state index in [0.717, 1.165) is 6.42 Å². The van der Waals surface area contributed by atoms with E-state index in [4.69, 9.17) is 0 Å². The summed E-state index contributed by atoms with van der Waals surface area (Å²) < 4.78 is 0.